The van der Waals surface area contributed by atoms with E-state index in [4.69, 9.17) is 4.74 Å². The number of ether oxygens (including phenoxy) is 1. The molecule has 3 atom stereocenters. The first-order valence-electron chi connectivity index (χ1n) is 6.36. The number of hydrogen-bond acceptors (Lipinski definition) is 3. The molecule has 1 N–H and O–H groups in total. The lowest BCUT2D eigenvalue weighted by molar-refractivity contribution is -0.0767. The summed E-state index contributed by atoms with van der Waals surface area (Å²) in [5.41, 5.74) is 0.963. The third-order valence-corrected chi connectivity index (χ3v) is 3.71. The lowest BCUT2D eigenvalue weighted by atomic mass is 10.1. The predicted octanol–water partition coefficient (Wildman–Crippen LogP) is 2.59. The minimum atomic E-state index is -0.435. The van der Waals surface area contributed by atoms with Gasteiger partial charge in [0.1, 0.15) is 0 Å². The van der Waals surface area contributed by atoms with Gasteiger partial charge in [-0.2, -0.15) is 0 Å². The highest BCUT2D eigenvalue weighted by Crippen LogP contribution is 2.19. The number of aliphatic hydroxyl groups excluding tert-OH is 1. The highest BCUT2D eigenvalue weighted by Gasteiger charge is 2.24. The standard InChI is InChI=1S/C14H20BrNO2/c1-10-7-16(8-11(2)18-10)9-14(17)12-3-5-13(15)6-4-12/h3-6,10-11,14,17H,7-9H2,1-2H3/t10-,11-,14-/m0/s1. The van der Waals surface area contributed by atoms with Gasteiger partial charge in [-0.05, 0) is 31.5 Å². The Morgan fingerprint density at radius 3 is 2.39 bits per heavy atom. The Morgan fingerprint density at radius 1 is 1.28 bits per heavy atom. The summed E-state index contributed by atoms with van der Waals surface area (Å²) in [5.74, 6) is 0. The number of hydrogen-bond donors (Lipinski definition) is 1. The van der Waals surface area contributed by atoms with Crippen LogP contribution in [0.3, 0.4) is 0 Å². The number of β-amino-alcohol motifs (C(OH)–C–C–N with tert-alkyl or cyclic N) is 1. The summed E-state index contributed by atoms with van der Waals surface area (Å²) in [4.78, 5) is 2.27. The summed E-state index contributed by atoms with van der Waals surface area (Å²) in [6.45, 7) is 6.60. The van der Waals surface area contributed by atoms with Crippen molar-refractivity contribution in [2.45, 2.75) is 32.2 Å². The Morgan fingerprint density at radius 2 is 1.83 bits per heavy atom. The summed E-state index contributed by atoms with van der Waals surface area (Å²) < 4.78 is 6.72. The first kappa shape index (κ1) is 14.0. The Labute approximate surface area is 117 Å². The van der Waals surface area contributed by atoms with Gasteiger partial charge in [-0.15, -0.1) is 0 Å². The quantitative estimate of drug-likeness (QED) is 0.931. The van der Waals surface area contributed by atoms with Gasteiger partial charge in [0.2, 0.25) is 0 Å². The number of nitrogens with zero attached hydrogens (tertiary/aromatic N) is 1. The molecule has 1 fully saturated rings. The van der Waals surface area contributed by atoms with E-state index in [0.29, 0.717) is 6.54 Å². The molecule has 3 nitrogen and oxygen atoms in total. The summed E-state index contributed by atoms with van der Waals surface area (Å²) in [6.07, 6.45) is 0.0485. The zero-order chi connectivity index (χ0) is 13.1. The van der Waals surface area contributed by atoms with Crippen LogP contribution >= 0.6 is 15.9 Å². The Bertz CT molecular complexity index is 372. The van der Waals surface area contributed by atoms with Crippen molar-refractivity contribution in [2.75, 3.05) is 19.6 Å². The molecular weight excluding hydrogens is 294 g/mol. The minimum Gasteiger partial charge on any atom is -0.387 e. The average Bonchev–Trinajstić information content (AvgIpc) is 2.28. The van der Waals surface area contributed by atoms with Gasteiger partial charge in [-0.3, -0.25) is 4.90 Å². The van der Waals surface area contributed by atoms with Crippen LogP contribution in [0.2, 0.25) is 0 Å². The molecule has 0 radical (unpaired) electrons. The average molecular weight is 314 g/mol. The van der Waals surface area contributed by atoms with Crippen LogP contribution in [0.4, 0.5) is 0 Å². The molecule has 1 saturated heterocycles. The van der Waals surface area contributed by atoms with Gasteiger partial charge in [0.25, 0.3) is 0 Å². The maximum absolute atomic E-state index is 10.2. The van der Waals surface area contributed by atoms with Gasteiger partial charge >= 0.3 is 0 Å². The fourth-order valence-electron chi connectivity index (χ4n) is 2.47. The lowest BCUT2D eigenvalue weighted by Gasteiger charge is -2.36. The predicted molar refractivity (Wildman–Crippen MR) is 75.6 cm³/mol. The maximum atomic E-state index is 10.2. The van der Waals surface area contributed by atoms with Crippen LogP contribution in [0.5, 0.6) is 0 Å². The second-order valence-corrected chi connectivity index (χ2v) is 5.96. The molecule has 0 aliphatic carbocycles. The van der Waals surface area contributed by atoms with Crippen LogP contribution in [0.1, 0.15) is 25.5 Å². The van der Waals surface area contributed by atoms with Gasteiger partial charge in [0.15, 0.2) is 0 Å². The molecule has 1 aromatic rings. The van der Waals surface area contributed by atoms with Crippen LogP contribution < -0.4 is 0 Å². The highest BCUT2D eigenvalue weighted by molar-refractivity contribution is 9.10. The summed E-state index contributed by atoms with van der Waals surface area (Å²) >= 11 is 3.40. The van der Waals surface area contributed by atoms with Gasteiger partial charge in [0, 0.05) is 24.1 Å². The van der Waals surface area contributed by atoms with E-state index in [1.807, 2.05) is 24.3 Å². The van der Waals surface area contributed by atoms with Crippen molar-refractivity contribution in [2.24, 2.45) is 0 Å². The zero-order valence-corrected chi connectivity index (χ0v) is 12.4. The van der Waals surface area contributed by atoms with Crippen molar-refractivity contribution in [3.63, 3.8) is 0 Å². The topological polar surface area (TPSA) is 32.7 Å². The third-order valence-electron chi connectivity index (χ3n) is 3.18. The van der Waals surface area contributed by atoms with E-state index in [1.54, 1.807) is 0 Å². The smallest absolute Gasteiger partial charge is 0.0916 e. The van der Waals surface area contributed by atoms with Crippen LogP contribution in [-0.2, 0) is 4.74 Å². The summed E-state index contributed by atoms with van der Waals surface area (Å²) in [7, 11) is 0. The summed E-state index contributed by atoms with van der Waals surface area (Å²) in [6, 6.07) is 7.84. The highest BCUT2D eigenvalue weighted by atomic mass is 79.9. The fourth-order valence-corrected chi connectivity index (χ4v) is 2.73. The van der Waals surface area contributed by atoms with Crippen LogP contribution in [0, 0.1) is 0 Å². The molecule has 1 heterocycles. The Kier molecular flexibility index (Phi) is 4.78. The van der Waals surface area contributed by atoms with Crippen molar-refractivity contribution >= 4 is 15.9 Å². The lowest BCUT2D eigenvalue weighted by Crippen LogP contribution is -2.46. The minimum absolute atomic E-state index is 0.242. The first-order valence-corrected chi connectivity index (χ1v) is 7.15. The monoisotopic (exact) mass is 313 g/mol. The summed E-state index contributed by atoms with van der Waals surface area (Å²) in [5, 5.41) is 10.2. The molecule has 0 saturated carbocycles. The van der Waals surface area contributed by atoms with Gasteiger partial charge in [0.05, 0.1) is 18.3 Å². The normalized spacial score (nSPS) is 27.1. The van der Waals surface area contributed by atoms with Crippen molar-refractivity contribution in [3.8, 4) is 0 Å². The van der Waals surface area contributed by atoms with E-state index < -0.39 is 6.10 Å². The second-order valence-electron chi connectivity index (χ2n) is 5.04. The van der Waals surface area contributed by atoms with E-state index in [0.717, 1.165) is 23.1 Å². The molecule has 0 aromatic heterocycles. The second kappa shape index (κ2) is 6.15. The zero-order valence-electron chi connectivity index (χ0n) is 10.8. The van der Waals surface area contributed by atoms with E-state index in [2.05, 4.69) is 34.7 Å². The van der Waals surface area contributed by atoms with E-state index in [1.165, 1.54) is 0 Å². The van der Waals surface area contributed by atoms with Crippen molar-refractivity contribution in [1.82, 2.24) is 4.90 Å². The number of morpholine rings is 1. The number of halogens is 1. The Balaban J connectivity index is 1.94. The van der Waals surface area contributed by atoms with Crippen LogP contribution in [0.25, 0.3) is 0 Å². The molecule has 0 unspecified atom stereocenters. The van der Waals surface area contributed by atoms with Crippen molar-refractivity contribution in [3.05, 3.63) is 34.3 Å². The molecule has 100 valence electrons. The van der Waals surface area contributed by atoms with Crippen molar-refractivity contribution < 1.29 is 9.84 Å². The molecule has 18 heavy (non-hydrogen) atoms. The number of aliphatic hydroxyl groups is 1. The molecular formula is C14H20BrNO2. The Hall–Kier alpha value is -0.420. The molecule has 4 heteroatoms. The molecule has 1 aliphatic heterocycles. The molecule has 0 spiro atoms. The molecule has 0 bridgehead atoms. The van der Waals surface area contributed by atoms with Gasteiger partial charge in [-0.25, -0.2) is 0 Å². The number of benzene rings is 1. The largest absolute Gasteiger partial charge is 0.387 e. The van der Waals surface area contributed by atoms with Crippen LogP contribution in [0.15, 0.2) is 28.7 Å². The van der Waals surface area contributed by atoms with E-state index >= 15 is 0 Å². The SMILES string of the molecule is C[C@H]1CN(C[C@H](O)c2ccc(Br)cc2)C[C@H](C)O1. The van der Waals surface area contributed by atoms with Gasteiger partial charge in [-0.1, -0.05) is 28.1 Å². The van der Waals surface area contributed by atoms with Crippen molar-refractivity contribution in [1.29, 1.82) is 0 Å². The first-order chi connectivity index (χ1) is 8.54. The maximum Gasteiger partial charge on any atom is 0.0916 e. The number of rotatable bonds is 3. The van der Waals surface area contributed by atoms with E-state index in [-0.39, 0.29) is 12.2 Å². The van der Waals surface area contributed by atoms with E-state index in [9.17, 15) is 5.11 Å². The van der Waals surface area contributed by atoms with Crippen LogP contribution in [-0.4, -0.2) is 41.8 Å². The molecule has 2 rings (SSSR count). The molecule has 1 aromatic carbocycles. The molecule has 1 aliphatic rings. The molecule has 0 amide bonds. The third kappa shape index (κ3) is 3.79. The van der Waals surface area contributed by atoms with Gasteiger partial charge < -0.3 is 9.84 Å². The fraction of sp³-hybridized carbons (Fsp3) is 0.571.